The number of alkyl halides is 3. The first kappa shape index (κ1) is 9.25. The maximum absolute atomic E-state index is 12.6. The molecule has 0 saturated heterocycles. The van der Waals surface area contributed by atoms with Crippen molar-refractivity contribution in [3.05, 3.63) is 29.6 Å². The van der Waals surface area contributed by atoms with E-state index >= 15 is 0 Å². The van der Waals surface area contributed by atoms with Gasteiger partial charge in [0.05, 0.1) is 5.56 Å². The first-order valence-corrected chi connectivity index (χ1v) is 4.24. The van der Waals surface area contributed by atoms with Crippen molar-refractivity contribution in [3.63, 3.8) is 0 Å². The Morgan fingerprint density at radius 3 is 2.17 bits per heavy atom. The third-order valence-electron chi connectivity index (χ3n) is 1.43. The van der Waals surface area contributed by atoms with Crippen LogP contribution in [0.4, 0.5) is 17.6 Å². The molecule has 0 nitrogen and oxygen atoms in total. The highest BCUT2D eigenvalue weighted by molar-refractivity contribution is 6.32. The Morgan fingerprint density at radius 1 is 1.17 bits per heavy atom. The van der Waals surface area contributed by atoms with Crippen molar-refractivity contribution in [2.24, 2.45) is 0 Å². The van der Waals surface area contributed by atoms with Crippen LogP contribution in [0, 0.1) is 5.82 Å². The minimum Gasteiger partial charge on any atom is -0.206 e. The van der Waals surface area contributed by atoms with Crippen LogP contribution in [0.3, 0.4) is 0 Å². The van der Waals surface area contributed by atoms with Gasteiger partial charge in [-0.3, -0.25) is 0 Å². The smallest absolute Gasteiger partial charge is 0.206 e. The Labute approximate surface area is 69.6 Å². The Balaban J connectivity index is 3.23. The van der Waals surface area contributed by atoms with Crippen LogP contribution in [0.5, 0.6) is 0 Å². The van der Waals surface area contributed by atoms with Gasteiger partial charge in [0, 0.05) is 10.2 Å². The maximum atomic E-state index is 12.6. The van der Waals surface area contributed by atoms with Gasteiger partial charge in [0.15, 0.2) is 0 Å². The summed E-state index contributed by atoms with van der Waals surface area (Å²) >= 11 is 0. The summed E-state index contributed by atoms with van der Waals surface area (Å²) < 4.78 is 48.6. The Bertz CT molecular complexity index is 292. The maximum Gasteiger partial charge on any atom is 0.419 e. The van der Waals surface area contributed by atoms with E-state index in [0.29, 0.717) is 15.4 Å². The SMILES string of the molecule is Fc1ccc([SiH3])cc1C(F)(F)F. The molecule has 12 heavy (non-hydrogen) atoms. The molecule has 0 N–H and O–H groups in total. The standard InChI is InChI=1S/C7H6F4Si/c8-6-2-1-4(12)3-5(6)7(9,10)11/h1-3H,12H3. The van der Waals surface area contributed by atoms with Crippen molar-refractivity contribution in [3.8, 4) is 0 Å². The molecule has 0 aliphatic heterocycles. The van der Waals surface area contributed by atoms with Crippen LogP contribution in [-0.4, -0.2) is 10.2 Å². The van der Waals surface area contributed by atoms with E-state index in [1.54, 1.807) is 0 Å². The Hall–Kier alpha value is -0.843. The fourth-order valence-electron chi connectivity index (χ4n) is 0.856. The zero-order valence-corrected chi connectivity index (χ0v) is 8.24. The molecular weight excluding hydrogens is 188 g/mol. The van der Waals surface area contributed by atoms with Gasteiger partial charge in [0.1, 0.15) is 5.82 Å². The van der Waals surface area contributed by atoms with Crippen LogP contribution in [0.2, 0.25) is 0 Å². The monoisotopic (exact) mass is 194 g/mol. The first-order chi connectivity index (χ1) is 5.41. The van der Waals surface area contributed by atoms with Gasteiger partial charge in [-0.05, 0) is 12.1 Å². The van der Waals surface area contributed by atoms with Gasteiger partial charge in [-0.1, -0.05) is 11.3 Å². The number of hydrogen-bond donors (Lipinski definition) is 0. The van der Waals surface area contributed by atoms with E-state index in [2.05, 4.69) is 0 Å². The first-order valence-electron chi connectivity index (χ1n) is 3.24. The number of benzene rings is 1. The molecule has 0 heterocycles. The van der Waals surface area contributed by atoms with E-state index in [4.69, 9.17) is 0 Å². The summed E-state index contributed by atoms with van der Waals surface area (Å²) in [7, 11) is 0.487. The molecule has 1 rings (SSSR count). The molecule has 0 unspecified atom stereocenters. The van der Waals surface area contributed by atoms with Gasteiger partial charge < -0.3 is 0 Å². The van der Waals surface area contributed by atoms with Crippen LogP contribution in [0.1, 0.15) is 5.56 Å². The lowest BCUT2D eigenvalue weighted by Gasteiger charge is -2.07. The molecule has 0 aliphatic rings. The fraction of sp³-hybridized carbons (Fsp3) is 0.143. The highest BCUT2D eigenvalue weighted by Gasteiger charge is 2.33. The second-order valence-corrected chi connectivity index (χ2v) is 3.64. The predicted octanol–water partition coefficient (Wildman–Crippen LogP) is 0.835. The van der Waals surface area contributed by atoms with E-state index in [-0.39, 0.29) is 0 Å². The minimum atomic E-state index is -4.58. The molecule has 0 bridgehead atoms. The molecule has 0 spiro atoms. The van der Waals surface area contributed by atoms with Crippen molar-refractivity contribution < 1.29 is 17.6 Å². The second kappa shape index (κ2) is 2.89. The minimum absolute atomic E-state index is 0.487. The lowest BCUT2D eigenvalue weighted by atomic mass is 10.2. The van der Waals surface area contributed by atoms with E-state index in [9.17, 15) is 17.6 Å². The summed E-state index contributed by atoms with van der Waals surface area (Å²) in [4.78, 5) is 0. The molecule has 1 aromatic carbocycles. The summed E-state index contributed by atoms with van der Waals surface area (Å²) in [6.07, 6.45) is -4.58. The topological polar surface area (TPSA) is 0 Å². The molecule has 0 fully saturated rings. The molecule has 0 saturated carbocycles. The van der Waals surface area contributed by atoms with E-state index in [1.165, 1.54) is 6.07 Å². The summed E-state index contributed by atoms with van der Waals surface area (Å²) in [6.45, 7) is 0. The van der Waals surface area contributed by atoms with Gasteiger partial charge in [0.2, 0.25) is 0 Å². The Kier molecular flexibility index (Phi) is 2.23. The van der Waals surface area contributed by atoms with E-state index < -0.39 is 17.6 Å². The van der Waals surface area contributed by atoms with Crippen molar-refractivity contribution in [1.82, 2.24) is 0 Å². The van der Waals surface area contributed by atoms with Crippen LogP contribution in [-0.2, 0) is 6.18 Å². The Morgan fingerprint density at radius 2 is 1.75 bits per heavy atom. The summed E-state index contributed by atoms with van der Waals surface area (Å²) in [6, 6.07) is 3.06. The number of hydrogen-bond acceptors (Lipinski definition) is 0. The molecule has 0 amide bonds. The molecule has 0 radical (unpaired) electrons. The summed E-state index contributed by atoms with van der Waals surface area (Å²) in [5.74, 6) is -1.21. The average Bonchev–Trinajstić information content (AvgIpc) is 1.92. The number of rotatable bonds is 0. The largest absolute Gasteiger partial charge is 0.419 e. The third-order valence-corrected chi connectivity index (χ3v) is 2.05. The molecule has 66 valence electrons. The van der Waals surface area contributed by atoms with Gasteiger partial charge in [-0.25, -0.2) is 4.39 Å². The highest BCUT2D eigenvalue weighted by atomic mass is 28.1. The lowest BCUT2D eigenvalue weighted by Crippen LogP contribution is -2.13. The van der Waals surface area contributed by atoms with Crippen molar-refractivity contribution >= 4 is 15.4 Å². The average molecular weight is 194 g/mol. The van der Waals surface area contributed by atoms with Gasteiger partial charge in [-0.15, -0.1) is 0 Å². The molecule has 0 aromatic heterocycles. The third kappa shape index (κ3) is 1.85. The van der Waals surface area contributed by atoms with Gasteiger partial charge >= 0.3 is 6.18 Å². The quantitative estimate of drug-likeness (QED) is 0.424. The van der Waals surface area contributed by atoms with Crippen LogP contribution >= 0.6 is 0 Å². The fourth-order valence-corrected chi connectivity index (χ4v) is 1.31. The van der Waals surface area contributed by atoms with Gasteiger partial charge in [0.25, 0.3) is 0 Å². The molecule has 0 atom stereocenters. The zero-order valence-electron chi connectivity index (χ0n) is 6.24. The van der Waals surface area contributed by atoms with Crippen molar-refractivity contribution in [1.29, 1.82) is 0 Å². The van der Waals surface area contributed by atoms with Crippen molar-refractivity contribution in [2.45, 2.75) is 6.18 Å². The second-order valence-electron chi connectivity index (χ2n) is 2.48. The summed E-state index contributed by atoms with van der Waals surface area (Å²) in [5.41, 5.74) is -1.17. The normalized spacial score (nSPS) is 12.0. The molecule has 0 aliphatic carbocycles. The lowest BCUT2D eigenvalue weighted by molar-refractivity contribution is -0.139. The van der Waals surface area contributed by atoms with Crippen LogP contribution in [0.15, 0.2) is 18.2 Å². The van der Waals surface area contributed by atoms with E-state index in [1.807, 2.05) is 0 Å². The zero-order chi connectivity index (χ0) is 9.35. The number of halogens is 4. The van der Waals surface area contributed by atoms with Crippen LogP contribution < -0.4 is 5.19 Å². The predicted molar refractivity (Wildman–Crippen MR) is 41.0 cm³/mol. The van der Waals surface area contributed by atoms with Crippen LogP contribution in [0.25, 0.3) is 0 Å². The van der Waals surface area contributed by atoms with E-state index in [0.717, 1.165) is 12.1 Å². The molecule has 5 heteroatoms. The highest BCUT2D eigenvalue weighted by Crippen LogP contribution is 2.30. The molecular formula is C7H6F4Si. The van der Waals surface area contributed by atoms with Gasteiger partial charge in [-0.2, -0.15) is 13.2 Å². The van der Waals surface area contributed by atoms with Crippen molar-refractivity contribution in [2.75, 3.05) is 0 Å². The summed E-state index contributed by atoms with van der Waals surface area (Å²) in [5, 5.41) is 0.531. The molecule has 1 aromatic rings.